The highest BCUT2D eigenvalue weighted by atomic mass is 16.6. The van der Waals surface area contributed by atoms with Crippen molar-refractivity contribution in [2.45, 2.75) is 32.8 Å². The van der Waals surface area contributed by atoms with Crippen molar-refractivity contribution in [2.24, 2.45) is 0 Å². The van der Waals surface area contributed by atoms with Crippen LogP contribution in [0.25, 0.3) is 0 Å². The largest absolute Gasteiger partial charge is 0.379 e. The van der Waals surface area contributed by atoms with Gasteiger partial charge >= 0.3 is 0 Å². The molecule has 0 aromatic heterocycles. The minimum Gasteiger partial charge on any atom is -0.379 e. The van der Waals surface area contributed by atoms with Crippen molar-refractivity contribution in [1.29, 1.82) is 0 Å². The Morgan fingerprint density at radius 1 is 0.286 bits per heavy atom. The van der Waals surface area contributed by atoms with Crippen molar-refractivity contribution < 1.29 is 61.6 Å². The number of hydrogen-bond donors (Lipinski definition) is 0. The van der Waals surface area contributed by atoms with Gasteiger partial charge in [-0.1, -0.05) is 50.1 Å². The lowest BCUT2D eigenvalue weighted by Gasteiger charge is -2.09. The summed E-state index contributed by atoms with van der Waals surface area (Å²) in [6, 6.07) is 10.1. The number of benzene rings is 1. The molecule has 1 aromatic carbocycles. The van der Waals surface area contributed by atoms with Gasteiger partial charge in [0.05, 0.1) is 165 Å². The second-order valence-corrected chi connectivity index (χ2v) is 10.6. The zero-order valence-corrected chi connectivity index (χ0v) is 30.2. The van der Waals surface area contributed by atoms with Crippen molar-refractivity contribution in [1.82, 2.24) is 0 Å². The molecule has 1 aromatic rings. The fraction of sp³-hybridized carbons (Fsp3) is 0.833. The quantitative estimate of drug-likeness (QED) is 0.0923. The van der Waals surface area contributed by atoms with Gasteiger partial charge in [-0.25, -0.2) is 0 Å². The molecule has 13 heteroatoms. The van der Waals surface area contributed by atoms with Gasteiger partial charge in [-0.15, -0.1) is 0 Å². The summed E-state index contributed by atoms with van der Waals surface area (Å²) in [4.78, 5) is 0. The van der Waals surface area contributed by atoms with Crippen LogP contribution in [0.3, 0.4) is 0 Å². The van der Waals surface area contributed by atoms with E-state index in [1.165, 1.54) is 12.8 Å². The molecular formula is C36H66O13. The molecule has 0 saturated carbocycles. The highest BCUT2D eigenvalue weighted by Crippen LogP contribution is 2.00. The maximum atomic E-state index is 5.57. The summed E-state index contributed by atoms with van der Waals surface area (Å²) in [6.45, 7) is 16.5. The van der Waals surface area contributed by atoms with Crippen LogP contribution in [0.4, 0.5) is 0 Å². The Balaban J connectivity index is 1.60. The number of rotatable bonds is 42. The van der Waals surface area contributed by atoms with Crippen molar-refractivity contribution in [2.75, 3.05) is 165 Å². The van der Waals surface area contributed by atoms with Crippen molar-refractivity contribution >= 4 is 0 Å². The van der Waals surface area contributed by atoms with Crippen LogP contribution in [0.5, 0.6) is 0 Å². The molecule has 0 aliphatic heterocycles. The second kappa shape index (κ2) is 41.1. The minimum absolute atomic E-state index is 0.512. The standard InChI is InChI=1S/C36H66O13/c1-2-3-7-10-37-11-12-38-13-14-39-15-16-40-17-18-41-19-20-42-21-22-43-23-24-44-25-26-45-27-28-46-29-30-47-31-32-48-33-34-49-35-36-8-5-4-6-9-36/h4-6,8-9H,2-3,7,10-35H2,1H3. The lowest BCUT2D eigenvalue weighted by atomic mass is 10.2. The normalized spacial score (nSPS) is 11.5. The first-order valence-electron chi connectivity index (χ1n) is 18.0. The molecule has 1 rings (SSSR count). The van der Waals surface area contributed by atoms with E-state index in [0.29, 0.717) is 165 Å². The Morgan fingerprint density at radius 3 is 0.796 bits per heavy atom. The third-order valence-corrected chi connectivity index (χ3v) is 6.47. The molecule has 0 radical (unpaired) electrons. The molecule has 0 aliphatic carbocycles. The summed E-state index contributed by atoms with van der Waals surface area (Å²) in [5.41, 5.74) is 1.16. The molecule has 0 bridgehead atoms. The maximum Gasteiger partial charge on any atom is 0.0718 e. The summed E-state index contributed by atoms with van der Waals surface area (Å²) < 4.78 is 71.4. The van der Waals surface area contributed by atoms with E-state index in [9.17, 15) is 0 Å². The van der Waals surface area contributed by atoms with E-state index in [4.69, 9.17) is 61.6 Å². The van der Waals surface area contributed by atoms with Gasteiger partial charge in [0.15, 0.2) is 0 Å². The van der Waals surface area contributed by atoms with Crippen molar-refractivity contribution in [3.8, 4) is 0 Å². The Bertz CT molecular complexity index is 732. The Labute approximate surface area is 295 Å². The van der Waals surface area contributed by atoms with E-state index in [0.717, 1.165) is 18.6 Å². The number of unbranched alkanes of at least 4 members (excludes halogenated alkanes) is 2. The van der Waals surface area contributed by atoms with Gasteiger partial charge in [-0.05, 0) is 12.0 Å². The first kappa shape index (κ1) is 45.7. The fourth-order valence-corrected chi connectivity index (χ4v) is 3.86. The molecule has 0 aliphatic rings. The van der Waals surface area contributed by atoms with E-state index < -0.39 is 0 Å². The summed E-state index contributed by atoms with van der Waals surface area (Å²) in [7, 11) is 0. The summed E-state index contributed by atoms with van der Waals surface area (Å²) in [6.07, 6.45) is 3.54. The lowest BCUT2D eigenvalue weighted by Crippen LogP contribution is -2.15. The third-order valence-electron chi connectivity index (χ3n) is 6.47. The summed E-state index contributed by atoms with van der Waals surface area (Å²) >= 11 is 0. The molecule has 0 amide bonds. The van der Waals surface area contributed by atoms with Crippen LogP contribution >= 0.6 is 0 Å². The topological polar surface area (TPSA) is 120 Å². The molecule has 0 saturated heterocycles. The highest BCUT2D eigenvalue weighted by molar-refractivity contribution is 5.13. The second-order valence-electron chi connectivity index (χ2n) is 10.6. The average molecular weight is 707 g/mol. The molecule has 0 N–H and O–H groups in total. The van der Waals surface area contributed by atoms with Gasteiger partial charge in [0.2, 0.25) is 0 Å². The maximum absolute atomic E-state index is 5.57. The van der Waals surface area contributed by atoms with Crippen LogP contribution in [0, 0.1) is 0 Å². The molecule has 0 spiro atoms. The van der Waals surface area contributed by atoms with Gasteiger partial charge in [0.1, 0.15) is 0 Å². The van der Waals surface area contributed by atoms with E-state index in [1.54, 1.807) is 0 Å². The predicted octanol–water partition coefficient (Wildman–Crippen LogP) is 3.59. The molecule has 0 heterocycles. The zero-order chi connectivity index (χ0) is 34.8. The van der Waals surface area contributed by atoms with Crippen LogP contribution < -0.4 is 0 Å². The van der Waals surface area contributed by atoms with Crippen LogP contribution in [-0.2, 0) is 68.2 Å². The van der Waals surface area contributed by atoms with E-state index in [2.05, 4.69) is 6.92 Å². The molecular weight excluding hydrogens is 640 g/mol. The Hall–Kier alpha value is -1.30. The summed E-state index contributed by atoms with van der Waals surface area (Å²) in [5, 5.41) is 0. The van der Waals surface area contributed by atoms with Gasteiger partial charge in [-0.3, -0.25) is 0 Å². The van der Waals surface area contributed by atoms with Crippen LogP contribution in [-0.4, -0.2) is 165 Å². The molecule has 288 valence electrons. The third kappa shape index (κ3) is 37.8. The molecule has 0 unspecified atom stereocenters. The number of hydrogen-bond acceptors (Lipinski definition) is 13. The van der Waals surface area contributed by atoms with Gasteiger partial charge < -0.3 is 61.6 Å². The average Bonchev–Trinajstić information content (AvgIpc) is 3.12. The Morgan fingerprint density at radius 2 is 0.531 bits per heavy atom. The molecule has 49 heavy (non-hydrogen) atoms. The van der Waals surface area contributed by atoms with Gasteiger partial charge in [0.25, 0.3) is 0 Å². The molecule has 0 fully saturated rings. The first-order valence-corrected chi connectivity index (χ1v) is 18.0. The van der Waals surface area contributed by atoms with E-state index in [-0.39, 0.29) is 0 Å². The van der Waals surface area contributed by atoms with Gasteiger partial charge in [-0.2, -0.15) is 0 Å². The van der Waals surface area contributed by atoms with Crippen LogP contribution in [0.15, 0.2) is 30.3 Å². The SMILES string of the molecule is CCCCCOCCOCCOCCOCCOCCOCCOCCOCCOCCOCCOCCOCCOCc1ccccc1. The minimum atomic E-state index is 0.512. The number of ether oxygens (including phenoxy) is 13. The summed E-state index contributed by atoms with van der Waals surface area (Å²) in [5.74, 6) is 0. The highest BCUT2D eigenvalue weighted by Gasteiger charge is 1.97. The zero-order valence-electron chi connectivity index (χ0n) is 30.2. The molecule has 0 atom stereocenters. The van der Waals surface area contributed by atoms with E-state index >= 15 is 0 Å². The predicted molar refractivity (Wildman–Crippen MR) is 185 cm³/mol. The van der Waals surface area contributed by atoms with E-state index in [1.807, 2.05) is 30.3 Å². The fourth-order valence-electron chi connectivity index (χ4n) is 3.86. The first-order chi connectivity index (χ1) is 24.4. The Kier molecular flexibility index (Phi) is 38.4. The lowest BCUT2D eigenvalue weighted by molar-refractivity contribution is -0.0291. The smallest absolute Gasteiger partial charge is 0.0718 e. The molecule has 13 nitrogen and oxygen atoms in total. The van der Waals surface area contributed by atoms with Crippen molar-refractivity contribution in [3.05, 3.63) is 35.9 Å². The van der Waals surface area contributed by atoms with Crippen LogP contribution in [0.2, 0.25) is 0 Å². The monoisotopic (exact) mass is 706 g/mol. The van der Waals surface area contributed by atoms with Crippen molar-refractivity contribution in [3.63, 3.8) is 0 Å². The van der Waals surface area contributed by atoms with Crippen LogP contribution in [0.1, 0.15) is 31.7 Å². The van der Waals surface area contributed by atoms with Gasteiger partial charge in [0, 0.05) is 6.61 Å².